The van der Waals surface area contributed by atoms with Gasteiger partial charge in [-0.3, -0.25) is 9.59 Å². The van der Waals surface area contributed by atoms with E-state index >= 15 is 0 Å². The van der Waals surface area contributed by atoms with E-state index in [9.17, 15) is 14.4 Å². The third-order valence-corrected chi connectivity index (χ3v) is 3.13. The smallest absolute Gasteiger partial charge is 0.349 e. The average Bonchev–Trinajstić information content (AvgIpc) is 2.55. The van der Waals surface area contributed by atoms with Crippen molar-refractivity contribution in [3.63, 3.8) is 0 Å². The average molecular weight is 347 g/mol. The molecule has 0 saturated heterocycles. The number of hydrogen-bond acceptors (Lipinski definition) is 5. The molecule has 0 heterocycles. The van der Waals surface area contributed by atoms with Crippen molar-refractivity contribution in [1.29, 1.82) is 0 Å². The van der Waals surface area contributed by atoms with Crippen LogP contribution in [-0.2, 0) is 23.9 Å². The summed E-state index contributed by atoms with van der Waals surface area (Å²) in [5, 5.41) is 2.64. The zero-order valence-corrected chi connectivity index (χ0v) is 15.7. The molecule has 0 unspecified atom stereocenters. The molecular formula is C18H26BNO5. The maximum Gasteiger partial charge on any atom is 0.349 e. The third kappa shape index (κ3) is 6.99. The van der Waals surface area contributed by atoms with Crippen molar-refractivity contribution >= 4 is 31.4 Å². The van der Waals surface area contributed by atoms with Crippen molar-refractivity contribution in [2.24, 2.45) is 5.41 Å². The fourth-order valence-electron chi connectivity index (χ4n) is 1.55. The summed E-state index contributed by atoms with van der Waals surface area (Å²) in [4.78, 5) is 36.1. The van der Waals surface area contributed by atoms with E-state index in [1.165, 1.54) is 34.8 Å². The quantitative estimate of drug-likeness (QED) is 0.503. The number of carbonyl (C=O) groups excluding carboxylic acids is 3. The summed E-state index contributed by atoms with van der Waals surface area (Å²) in [6.07, 6.45) is 0.750. The lowest BCUT2D eigenvalue weighted by molar-refractivity contribution is -0.183. The van der Waals surface area contributed by atoms with Crippen molar-refractivity contribution < 1.29 is 23.9 Å². The first-order valence-electron chi connectivity index (χ1n) is 7.91. The molecule has 0 spiro atoms. The molecule has 0 fully saturated rings. The summed E-state index contributed by atoms with van der Waals surface area (Å²) >= 11 is 0. The van der Waals surface area contributed by atoms with E-state index < -0.39 is 28.9 Å². The van der Waals surface area contributed by atoms with Gasteiger partial charge >= 0.3 is 11.9 Å². The van der Waals surface area contributed by atoms with Gasteiger partial charge in [0.1, 0.15) is 5.41 Å². The Morgan fingerprint density at radius 1 is 1.04 bits per heavy atom. The number of esters is 2. The van der Waals surface area contributed by atoms with Crippen LogP contribution in [0.25, 0.3) is 0 Å². The minimum atomic E-state index is -1.46. The molecule has 0 aliphatic rings. The molecule has 7 heteroatoms. The Kier molecular flexibility index (Phi) is 8.95. The number of amides is 1. The molecule has 0 aromatic heterocycles. The van der Waals surface area contributed by atoms with Gasteiger partial charge < -0.3 is 14.8 Å². The molecule has 0 aliphatic heterocycles. The molecule has 6 nitrogen and oxygen atoms in total. The lowest BCUT2D eigenvalue weighted by Crippen LogP contribution is -2.46. The van der Waals surface area contributed by atoms with Crippen molar-refractivity contribution in [2.45, 2.75) is 46.5 Å². The van der Waals surface area contributed by atoms with Gasteiger partial charge in [0.05, 0.1) is 15.0 Å². The summed E-state index contributed by atoms with van der Waals surface area (Å²) in [5.41, 5.74) is -2.35. The Morgan fingerprint density at radius 2 is 1.52 bits per heavy atom. The van der Waals surface area contributed by atoms with Gasteiger partial charge in [0, 0.05) is 5.69 Å². The number of ether oxygens (including phenoxy) is 2. The van der Waals surface area contributed by atoms with Crippen LogP contribution < -0.4 is 5.32 Å². The fourth-order valence-corrected chi connectivity index (χ4v) is 1.55. The van der Waals surface area contributed by atoms with Gasteiger partial charge in [-0.25, -0.2) is 4.79 Å². The van der Waals surface area contributed by atoms with Crippen molar-refractivity contribution in [3.8, 4) is 0 Å². The first-order chi connectivity index (χ1) is 11.5. The number of nitrogens with one attached hydrogen (secondary N) is 1. The molecule has 0 bridgehead atoms. The molecule has 1 amide bonds. The Morgan fingerprint density at radius 3 is 1.96 bits per heavy atom. The molecule has 136 valence electrons. The summed E-state index contributed by atoms with van der Waals surface area (Å²) < 4.78 is 9.71. The molecule has 0 aliphatic carbocycles. The Labute approximate surface area is 150 Å². The second kappa shape index (κ2) is 9.86. The van der Waals surface area contributed by atoms with Crippen LogP contribution >= 0.6 is 0 Å². The first kappa shape index (κ1) is 22.7. The van der Waals surface area contributed by atoms with Crippen LogP contribution in [0, 0.1) is 5.41 Å². The maximum atomic E-state index is 12.3. The van der Waals surface area contributed by atoms with Crippen molar-refractivity contribution in [2.75, 3.05) is 12.4 Å². The van der Waals surface area contributed by atoms with Gasteiger partial charge in [0.2, 0.25) is 11.5 Å². The summed E-state index contributed by atoms with van der Waals surface area (Å²) in [6, 6.07) is 8.76. The zero-order chi connectivity index (χ0) is 19.7. The molecule has 25 heavy (non-hydrogen) atoms. The highest BCUT2D eigenvalue weighted by Gasteiger charge is 2.43. The van der Waals surface area contributed by atoms with Gasteiger partial charge in [0.25, 0.3) is 0 Å². The van der Waals surface area contributed by atoms with E-state index in [1.807, 2.05) is 13.0 Å². The van der Waals surface area contributed by atoms with E-state index in [-0.39, 0.29) is 0 Å². The third-order valence-electron chi connectivity index (χ3n) is 3.13. The van der Waals surface area contributed by atoms with Crippen LogP contribution in [0.1, 0.15) is 34.6 Å². The predicted octanol–water partition coefficient (Wildman–Crippen LogP) is 2.74. The number of methoxy groups -OCH3 is 1. The van der Waals surface area contributed by atoms with Crippen LogP contribution in [0.4, 0.5) is 5.69 Å². The van der Waals surface area contributed by atoms with Gasteiger partial charge in [-0.2, -0.15) is 0 Å². The monoisotopic (exact) mass is 347 g/mol. The number of para-hydroxylation sites is 1. The van der Waals surface area contributed by atoms with Gasteiger partial charge in [-0.1, -0.05) is 31.4 Å². The lowest BCUT2D eigenvalue weighted by Gasteiger charge is -2.28. The van der Waals surface area contributed by atoms with Gasteiger partial charge in [0.15, 0.2) is 0 Å². The van der Waals surface area contributed by atoms with Crippen molar-refractivity contribution in [1.82, 2.24) is 0 Å². The highest BCUT2D eigenvalue weighted by atomic mass is 16.6. The molecule has 0 atom stereocenters. The highest BCUT2D eigenvalue weighted by Crippen LogP contribution is 2.24. The number of benzene rings is 1. The topological polar surface area (TPSA) is 81.7 Å². The first-order valence-corrected chi connectivity index (χ1v) is 7.91. The molecule has 2 radical (unpaired) electrons. The Bertz CT molecular complexity index is 584. The summed E-state index contributed by atoms with van der Waals surface area (Å²) in [5.74, 6) is -2.03. The fraction of sp³-hybridized carbons (Fsp3) is 0.500. The number of rotatable bonds is 5. The Balaban J connectivity index is 0.00000178. The SMILES string of the molecule is COC(=O)C(C)(C)OC(=O)C(C)(C)C(=O)Nc1ccccc1.[B]CC. The second-order valence-electron chi connectivity index (χ2n) is 6.24. The highest BCUT2D eigenvalue weighted by molar-refractivity contribution is 6.08. The Hall–Kier alpha value is -2.31. The van der Waals surface area contributed by atoms with E-state index in [2.05, 4.69) is 10.1 Å². The lowest BCUT2D eigenvalue weighted by atomic mass is 9.92. The van der Waals surface area contributed by atoms with Gasteiger partial charge in [-0.05, 0) is 39.8 Å². The second-order valence-corrected chi connectivity index (χ2v) is 6.24. The summed E-state index contributed by atoms with van der Waals surface area (Å²) in [7, 11) is 6.05. The minimum Gasteiger partial charge on any atom is -0.466 e. The molecule has 0 saturated carbocycles. The van der Waals surface area contributed by atoms with Crippen molar-refractivity contribution in [3.05, 3.63) is 30.3 Å². The zero-order valence-electron chi connectivity index (χ0n) is 15.7. The largest absolute Gasteiger partial charge is 0.466 e. The van der Waals surface area contributed by atoms with Crippen LogP contribution in [0.15, 0.2) is 30.3 Å². The molecule has 1 N–H and O–H groups in total. The number of anilines is 1. The standard InChI is InChI=1S/C16H21NO5.C2H5B/c1-15(2,12(18)17-11-9-7-6-8-10-11)13(19)22-16(3,4)14(20)21-5;1-2-3/h6-10H,1-5H3,(H,17,18);2H2,1H3. The number of hydrogen-bond donors (Lipinski definition) is 1. The normalized spacial score (nSPS) is 10.8. The van der Waals surface area contributed by atoms with E-state index in [4.69, 9.17) is 12.6 Å². The molecular weight excluding hydrogens is 321 g/mol. The number of carbonyl (C=O) groups is 3. The molecule has 1 aromatic carbocycles. The minimum absolute atomic E-state index is 0.524. The van der Waals surface area contributed by atoms with Crippen LogP contribution in [0.5, 0.6) is 0 Å². The van der Waals surface area contributed by atoms with Crippen LogP contribution in [-0.4, -0.2) is 38.4 Å². The van der Waals surface area contributed by atoms with Gasteiger partial charge in [-0.15, -0.1) is 0 Å². The van der Waals surface area contributed by atoms with Crippen LogP contribution in [0.3, 0.4) is 0 Å². The van der Waals surface area contributed by atoms with E-state index in [0.717, 1.165) is 6.32 Å². The van der Waals surface area contributed by atoms with E-state index in [1.54, 1.807) is 24.3 Å². The van der Waals surface area contributed by atoms with Crippen LogP contribution in [0.2, 0.25) is 6.32 Å². The molecule has 1 rings (SSSR count). The predicted molar refractivity (Wildman–Crippen MR) is 97.3 cm³/mol. The summed E-state index contributed by atoms with van der Waals surface area (Å²) in [6.45, 7) is 7.58. The van der Waals surface area contributed by atoms with E-state index in [0.29, 0.717) is 5.69 Å². The maximum absolute atomic E-state index is 12.3. The molecule has 1 aromatic rings.